The molecule has 1 unspecified atom stereocenters. The molecule has 1 aromatic carbocycles. The van der Waals surface area contributed by atoms with Crippen LogP contribution in [0.2, 0.25) is 0 Å². The fraction of sp³-hybridized carbons (Fsp3) is 0.429. The SMILES string of the molecule is COCC(C)(CC(=O)O)NC(=O)COc1cccc([N+](=O)[O-])c1. The minimum absolute atomic E-state index is 0.0157. The fourth-order valence-corrected chi connectivity index (χ4v) is 1.99. The van der Waals surface area contributed by atoms with Crippen LogP contribution in [0.3, 0.4) is 0 Å². The molecule has 0 fully saturated rings. The second kappa shape index (κ2) is 8.08. The maximum absolute atomic E-state index is 11.9. The number of methoxy groups -OCH3 is 1. The molecule has 0 aromatic heterocycles. The van der Waals surface area contributed by atoms with E-state index in [1.165, 1.54) is 38.3 Å². The highest BCUT2D eigenvalue weighted by molar-refractivity contribution is 5.79. The molecule has 0 aliphatic rings. The molecule has 1 aromatic rings. The van der Waals surface area contributed by atoms with Gasteiger partial charge in [-0.3, -0.25) is 19.7 Å². The van der Waals surface area contributed by atoms with Crippen LogP contribution >= 0.6 is 0 Å². The molecule has 0 saturated heterocycles. The van der Waals surface area contributed by atoms with Crippen molar-refractivity contribution in [2.24, 2.45) is 0 Å². The third kappa shape index (κ3) is 6.30. The van der Waals surface area contributed by atoms with Crippen LogP contribution in [0.5, 0.6) is 5.75 Å². The molecule has 0 radical (unpaired) electrons. The monoisotopic (exact) mass is 326 g/mol. The number of carboxylic acids is 1. The molecule has 9 nitrogen and oxygen atoms in total. The fourth-order valence-electron chi connectivity index (χ4n) is 1.99. The van der Waals surface area contributed by atoms with Gasteiger partial charge in [0.05, 0.1) is 29.6 Å². The Labute approximate surface area is 132 Å². The van der Waals surface area contributed by atoms with E-state index >= 15 is 0 Å². The molecule has 0 aliphatic heterocycles. The van der Waals surface area contributed by atoms with Gasteiger partial charge in [0.2, 0.25) is 0 Å². The van der Waals surface area contributed by atoms with Crippen molar-refractivity contribution in [1.29, 1.82) is 0 Å². The van der Waals surface area contributed by atoms with Gasteiger partial charge in [0.1, 0.15) is 5.75 Å². The summed E-state index contributed by atoms with van der Waals surface area (Å²) >= 11 is 0. The van der Waals surface area contributed by atoms with E-state index in [0.717, 1.165) is 0 Å². The first kappa shape index (κ1) is 18.4. The summed E-state index contributed by atoms with van der Waals surface area (Å²) in [5.74, 6) is -1.47. The summed E-state index contributed by atoms with van der Waals surface area (Å²) in [6, 6.07) is 5.41. The molecule has 0 heterocycles. The second-order valence-electron chi connectivity index (χ2n) is 5.16. The molecule has 0 saturated carbocycles. The number of nitrogens with zero attached hydrogens (tertiary/aromatic N) is 1. The molecule has 126 valence electrons. The van der Waals surface area contributed by atoms with Crippen molar-refractivity contribution in [2.45, 2.75) is 18.9 Å². The molecule has 0 bridgehead atoms. The number of ether oxygens (including phenoxy) is 2. The summed E-state index contributed by atoms with van der Waals surface area (Å²) in [5.41, 5.74) is -1.23. The van der Waals surface area contributed by atoms with Crippen molar-refractivity contribution in [1.82, 2.24) is 5.32 Å². The van der Waals surface area contributed by atoms with Crippen molar-refractivity contribution >= 4 is 17.6 Å². The quantitative estimate of drug-likeness (QED) is 0.511. The Morgan fingerprint density at radius 3 is 2.70 bits per heavy atom. The van der Waals surface area contributed by atoms with E-state index in [9.17, 15) is 19.7 Å². The first-order valence-electron chi connectivity index (χ1n) is 6.65. The smallest absolute Gasteiger partial charge is 0.305 e. The molecule has 0 spiro atoms. The van der Waals surface area contributed by atoms with Crippen LogP contribution < -0.4 is 10.1 Å². The van der Waals surface area contributed by atoms with Gasteiger partial charge in [-0.2, -0.15) is 0 Å². The maximum atomic E-state index is 11.9. The van der Waals surface area contributed by atoms with Crippen LogP contribution in [-0.4, -0.2) is 47.8 Å². The van der Waals surface area contributed by atoms with E-state index in [1.54, 1.807) is 0 Å². The van der Waals surface area contributed by atoms with Crippen molar-refractivity contribution in [3.05, 3.63) is 34.4 Å². The molecule has 23 heavy (non-hydrogen) atoms. The molecule has 1 atom stereocenters. The Kier molecular flexibility index (Phi) is 6.46. The number of amides is 1. The summed E-state index contributed by atoms with van der Waals surface area (Å²) in [5, 5.41) is 22.1. The number of benzene rings is 1. The first-order valence-corrected chi connectivity index (χ1v) is 6.65. The normalized spacial score (nSPS) is 13.0. The number of hydrogen-bond acceptors (Lipinski definition) is 6. The van der Waals surface area contributed by atoms with E-state index in [1.807, 2.05) is 0 Å². The number of non-ortho nitro benzene ring substituents is 1. The standard InChI is InChI=1S/C14H18N2O7/c1-14(9-22-2,7-13(18)19)15-12(17)8-23-11-5-3-4-10(6-11)16(20)21/h3-6H,7-9H2,1-2H3,(H,15,17)(H,18,19). The van der Waals surface area contributed by atoms with Gasteiger partial charge < -0.3 is 19.9 Å². The van der Waals surface area contributed by atoms with Crippen LogP contribution in [0.25, 0.3) is 0 Å². The minimum Gasteiger partial charge on any atom is -0.484 e. The lowest BCUT2D eigenvalue weighted by Crippen LogP contribution is -2.52. The number of aliphatic carboxylic acids is 1. The Morgan fingerprint density at radius 1 is 1.43 bits per heavy atom. The Bertz CT molecular complexity index is 590. The Hall–Kier alpha value is -2.68. The third-order valence-corrected chi connectivity index (χ3v) is 2.84. The van der Waals surface area contributed by atoms with Gasteiger partial charge in [0.15, 0.2) is 6.61 Å². The molecule has 1 rings (SSSR count). The number of nitrogens with one attached hydrogen (secondary N) is 1. The summed E-state index contributed by atoms with van der Waals surface area (Å²) < 4.78 is 10.1. The van der Waals surface area contributed by atoms with E-state index in [2.05, 4.69) is 5.32 Å². The van der Waals surface area contributed by atoms with Crippen LogP contribution in [0.15, 0.2) is 24.3 Å². The van der Waals surface area contributed by atoms with E-state index < -0.39 is 28.9 Å². The third-order valence-electron chi connectivity index (χ3n) is 2.84. The highest BCUT2D eigenvalue weighted by Crippen LogP contribution is 2.19. The number of carboxylic acid groups (broad SMARTS) is 1. The number of carbonyl (C=O) groups is 2. The topological polar surface area (TPSA) is 128 Å². The van der Waals surface area contributed by atoms with Crippen molar-refractivity contribution in [3.8, 4) is 5.75 Å². The predicted molar refractivity (Wildman–Crippen MR) is 79.3 cm³/mol. The van der Waals surface area contributed by atoms with Crippen molar-refractivity contribution in [2.75, 3.05) is 20.3 Å². The molecule has 2 N–H and O–H groups in total. The van der Waals surface area contributed by atoms with E-state index in [4.69, 9.17) is 14.6 Å². The number of carbonyl (C=O) groups excluding carboxylic acids is 1. The lowest BCUT2D eigenvalue weighted by atomic mass is 9.99. The lowest BCUT2D eigenvalue weighted by molar-refractivity contribution is -0.384. The van der Waals surface area contributed by atoms with Gasteiger partial charge >= 0.3 is 5.97 Å². The molecule has 9 heteroatoms. The summed E-state index contributed by atoms with van der Waals surface area (Å²) in [6.45, 7) is 1.15. The predicted octanol–water partition coefficient (Wildman–Crippen LogP) is 0.970. The molecular formula is C14H18N2O7. The van der Waals surface area contributed by atoms with Gasteiger partial charge in [-0.05, 0) is 13.0 Å². The zero-order valence-electron chi connectivity index (χ0n) is 12.8. The second-order valence-corrected chi connectivity index (χ2v) is 5.16. The summed E-state index contributed by atoms with van der Waals surface area (Å²) in [4.78, 5) is 32.8. The number of hydrogen-bond donors (Lipinski definition) is 2. The summed E-state index contributed by atoms with van der Waals surface area (Å²) in [7, 11) is 1.39. The van der Waals surface area contributed by atoms with Crippen molar-refractivity contribution < 1.29 is 29.1 Å². The van der Waals surface area contributed by atoms with Crippen LogP contribution in [-0.2, 0) is 14.3 Å². The number of nitro groups is 1. The minimum atomic E-state index is -1.08. The average Bonchev–Trinajstić information content (AvgIpc) is 2.44. The largest absolute Gasteiger partial charge is 0.484 e. The van der Waals surface area contributed by atoms with Gasteiger partial charge in [-0.25, -0.2) is 0 Å². The molecular weight excluding hydrogens is 308 g/mol. The molecule has 1 amide bonds. The first-order chi connectivity index (χ1) is 10.8. The Morgan fingerprint density at radius 2 is 2.13 bits per heavy atom. The van der Waals surface area contributed by atoms with Crippen molar-refractivity contribution in [3.63, 3.8) is 0 Å². The van der Waals surface area contributed by atoms with Gasteiger partial charge in [-0.15, -0.1) is 0 Å². The van der Waals surface area contributed by atoms with Gasteiger partial charge in [-0.1, -0.05) is 6.07 Å². The molecule has 0 aliphatic carbocycles. The maximum Gasteiger partial charge on any atom is 0.305 e. The highest BCUT2D eigenvalue weighted by atomic mass is 16.6. The lowest BCUT2D eigenvalue weighted by Gasteiger charge is -2.28. The van der Waals surface area contributed by atoms with Crippen LogP contribution in [0.1, 0.15) is 13.3 Å². The van der Waals surface area contributed by atoms with Gasteiger partial charge in [0, 0.05) is 13.2 Å². The van der Waals surface area contributed by atoms with Gasteiger partial charge in [0.25, 0.3) is 11.6 Å². The number of nitro benzene ring substituents is 1. The van der Waals surface area contributed by atoms with E-state index in [-0.39, 0.29) is 24.5 Å². The highest BCUT2D eigenvalue weighted by Gasteiger charge is 2.29. The van der Waals surface area contributed by atoms with Crippen LogP contribution in [0.4, 0.5) is 5.69 Å². The average molecular weight is 326 g/mol. The zero-order valence-corrected chi connectivity index (χ0v) is 12.8. The Balaban J connectivity index is 2.63. The summed E-state index contributed by atoms with van der Waals surface area (Å²) in [6.07, 6.45) is -0.316. The number of rotatable bonds is 9. The van der Waals surface area contributed by atoms with E-state index in [0.29, 0.717) is 0 Å². The zero-order chi connectivity index (χ0) is 17.5. The van der Waals surface area contributed by atoms with Crippen LogP contribution in [0, 0.1) is 10.1 Å².